The van der Waals surface area contributed by atoms with Gasteiger partial charge in [0.25, 0.3) is 0 Å². The van der Waals surface area contributed by atoms with Crippen molar-refractivity contribution in [2.45, 2.75) is 6.54 Å². The summed E-state index contributed by atoms with van der Waals surface area (Å²) in [7, 11) is 0. The summed E-state index contributed by atoms with van der Waals surface area (Å²) in [4.78, 5) is 2.30. The van der Waals surface area contributed by atoms with Gasteiger partial charge in [-0.25, -0.2) is 0 Å². The highest BCUT2D eigenvalue weighted by molar-refractivity contribution is 5.93. The quantitative estimate of drug-likeness (QED) is 0.217. The minimum atomic E-state index is 0.701. The summed E-state index contributed by atoms with van der Waals surface area (Å²) in [6, 6.07) is 53.9. The number of furan rings is 1. The van der Waals surface area contributed by atoms with Gasteiger partial charge in [0.2, 0.25) is 0 Å². The van der Waals surface area contributed by atoms with Crippen molar-refractivity contribution in [3.63, 3.8) is 0 Å². The third-order valence-electron chi connectivity index (χ3n) is 8.36. The van der Waals surface area contributed by atoms with E-state index in [-0.39, 0.29) is 0 Å². The van der Waals surface area contributed by atoms with Crippen LogP contribution in [0.2, 0.25) is 0 Å². The van der Waals surface area contributed by atoms with Crippen LogP contribution in [0.3, 0.4) is 0 Å². The SMILES string of the molecule is C1=Cc2c(oc3cc(N(c4ccc(-c5ccccc5)cc4)c4ccc(-c5ccccc5-c5ccccc5)cc4)ccc23)CN1. The predicted molar refractivity (Wildman–Crippen MR) is 183 cm³/mol. The molecule has 44 heavy (non-hydrogen) atoms. The van der Waals surface area contributed by atoms with Crippen LogP contribution in [-0.2, 0) is 6.54 Å². The second-order valence-electron chi connectivity index (χ2n) is 11.0. The van der Waals surface area contributed by atoms with Crippen molar-refractivity contribution in [3.05, 3.63) is 169 Å². The molecule has 0 aliphatic carbocycles. The van der Waals surface area contributed by atoms with Crippen molar-refractivity contribution < 1.29 is 4.42 Å². The number of rotatable bonds is 6. The third-order valence-corrected chi connectivity index (χ3v) is 8.36. The van der Waals surface area contributed by atoms with E-state index < -0.39 is 0 Å². The highest BCUT2D eigenvalue weighted by atomic mass is 16.3. The van der Waals surface area contributed by atoms with Crippen molar-refractivity contribution >= 4 is 34.1 Å². The van der Waals surface area contributed by atoms with Crippen molar-refractivity contribution in [1.82, 2.24) is 5.32 Å². The fourth-order valence-corrected chi connectivity index (χ4v) is 6.18. The molecule has 0 amide bonds. The molecule has 0 fully saturated rings. The van der Waals surface area contributed by atoms with Gasteiger partial charge in [0.1, 0.15) is 11.3 Å². The highest BCUT2D eigenvalue weighted by Gasteiger charge is 2.19. The summed E-state index contributed by atoms with van der Waals surface area (Å²) in [5, 5.41) is 4.39. The summed E-state index contributed by atoms with van der Waals surface area (Å²) >= 11 is 0. The smallest absolute Gasteiger partial charge is 0.137 e. The number of hydrogen-bond donors (Lipinski definition) is 1. The Labute approximate surface area is 257 Å². The molecular weight excluding hydrogens is 536 g/mol. The molecule has 8 rings (SSSR count). The summed E-state index contributed by atoms with van der Waals surface area (Å²) in [5.41, 5.74) is 12.5. The molecule has 7 aromatic rings. The summed E-state index contributed by atoms with van der Waals surface area (Å²) in [6.45, 7) is 0.701. The zero-order chi connectivity index (χ0) is 29.3. The van der Waals surface area contributed by atoms with E-state index in [9.17, 15) is 0 Å². The van der Waals surface area contributed by atoms with E-state index >= 15 is 0 Å². The van der Waals surface area contributed by atoms with Crippen LogP contribution in [0.1, 0.15) is 11.3 Å². The van der Waals surface area contributed by atoms with E-state index in [1.54, 1.807) is 0 Å². The Morgan fingerprint density at radius 3 is 1.68 bits per heavy atom. The number of fused-ring (bicyclic) bond motifs is 3. The van der Waals surface area contributed by atoms with Crippen LogP contribution in [0.5, 0.6) is 0 Å². The standard InChI is InChI=1S/C41H30N2O/c1-3-9-29(10-4-1)30-15-19-33(20-16-30)43(35-23-24-38-39-25-26-42-28-41(39)44-40(38)27-35)34-21-17-32(18-22-34)37-14-8-7-13-36(37)31-11-5-2-6-12-31/h1-27,42H,28H2. The fraction of sp³-hybridized carbons (Fsp3) is 0.0244. The van der Waals surface area contributed by atoms with Gasteiger partial charge in [0.05, 0.1) is 6.54 Å². The Hall–Kier alpha value is -5.80. The van der Waals surface area contributed by atoms with Crippen molar-refractivity contribution in [1.29, 1.82) is 0 Å². The van der Waals surface area contributed by atoms with Gasteiger partial charge in [-0.15, -0.1) is 0 Å². The average molecular weight is 567 g/mol. The molecule has 1 aromatic heterocycles. The van der Waals surface area contributed by atoms with Gasteiger partial charge < -0.3 is 14.6 Å². The van der Waals surface area contributed by atoms with E-state index in [0.717, 1.165) is 39.4 Å². The Kier molecular flexibility index (Phi) is 6.54. The number of benzene rings is 6. The molecule has 1 aliphatic rings. The first-order chi connectivity index (χ1) is 21.8. The monoisotopic (exact) mass is 566 g/mol. The number of nitrogens with zero attached hydrogens (tertiary/aromatic N) is 1. The Morgan fingerprint density at radius 2 is 1.02 bits per heavy atom. The lowest BCUT2D eigenvalue weighted by atomic mass is 9.94. The van der Waals surface area contributed by atoms with Crippen LogP contribution in [-0.4, -0.2) is 0 Å². The molecule has 0 saturated carbocycles. The van der Waals surface area contributed by atoms with Crippen LogP contribution in [0.25, 0.3) is 50.4 Å². The summed E-state index contributed by atoms with van der Waals surface area (Å²) in [6.07, 6.45) is 4.08. The van der Waals surface area contributed by atoms with E-state index in [0.29, 0.717) is 6.54 Å². The van der Waals surface area contributed by atoms with Gasteiger partial charge in [0, 0.05) is 34.1 Å². The second kappa shape index (κ2) is 11.1. The predicted octanol–water partition coefficient (Wildman–Crippen LogP) is 11.0. The van der Waals surface area contributed by atoms with Crippen molar-refractivity contribution in [2.75, 3.05) is 4.90 Å². The largest absolute Gasteiger partial charge is 0.458 e. The van der Waals surface area contributed by atoms with Crippen LogP contribution in [0, 0.1) is 0 Å². The van der Waals surface area contributed by atoms with Crippen LogP contribution < -0.4 is 10.2 Å². The zero-order valence-electron chi connectivity index (χ0n) is 24.2. The van der Waals surface area contributed by atoms with E-state index in [1.807, 2.05) is 6.20 Å². The lowest BCUT2D eigenvalue weighted by molar-refractivity contribution is 0.532. The van der Waals surface area contributed by atoms with Gasteiger partial charge in [-0.2, -0.15) is 0 Å². The summed E-state index contributed by atoms with van der Waals surface area (Å²) in [5.74, 6) is 0.972. The second-order valence-corrected chi connectivity index (χ2v) is 11.0. The Bertz CT molecular complexity index is 2090. The molecule has 0 radical (unpaired) electrons. The van der Waals surface area contributed by atoms with E-state index in [4.69, 9.17) is 4.42 Å². The fourth-order valence-electron chi connectivity index (χ4n) is 6.18. The van der Waals surface area contributed by atoms with Gasteiger partial charge >= 0.3 is 0 Å². The number of hydrogen-bond acceptors (Lipinski definition) is 3. The van der Waals surface area contributed by atoms with E-state index in [2.05, 4.69) is 168 Å². The molecule has 1 aliphatic heterocycles. The minimum Gasteiger partial charge on any atom is -0.458 e. The van der Waals surface area contributed by atoms with Gasteiger partial charge in [-0.1, -0.05) is 109 Å². The molecule has 3 heteroatoms. The van der Waals surface area contributed by atoms with Crippen molar-refractivity contribution in [2.24, 2.45) is 0 Å². The molecule has 0 bridgehead atoms. The van der Waals surface area contributed by atoms with Crippen LogP contribution in [0.15, 0.2) is 162 Å². The lowest BCUT2D eigenvalue weighted by Crippen LogP contribution is -2.09. The molecule has 0 saturated heterocycles. The molecule has 6 aromatic carbocycles. The average Bonchev–Trinajstić information content (AvgIpc) is 3.48. The highest BCUT2D eigenvalue weighted by Crippen LogP contribution is 2.40. The molecule has 1 N–H and O–H groups in total. The summed E-state index contributed by atoms with van der Waals surface area (Å²) < 4.78 is 6.32. The third kappa shape index (κ3) is 4.75. The maximum Gasteiger partial charge on any atom is 0.137 e. The first-order valence-electron chi connectivity index (χ1n) is 15.0. The molecule has 0 unspecified atom stereocenters. The molecule has 2 heterocycles. The first-order valence-corrected chi connectivity index (χ1v) is 15.0. The first kappa shape index (κ1) is 25.9. The topological polar surface area (TPSA) is 28.4 Å². The van der Waals surface area contributed by atoms with Crippen LogP contribution in [0.4, 0.5) is 17.1 Å². The van der Waals surface area contributed by atoms with Gasteiger partial charge in [0.15, 0.2) is 0 Å². The minimum absolute atomic E-state index is 0.701. The lowest BCUT2D eigenvalue weighted by Gasteiger charge is -2.26. The zero-order valence-corrected chi connectivity index (χ0v) is 24.2. The van der Waals surface area contributed by atoms with Crippen LogP contribution >= 0.6 is 0 Å². The Morgan fingerprint density at radius 1 is 0.500 bits per heavy atom. The molecule has 210 valence electrons. The molecule has 0 spiro atoms. The maximum atomic E-state index is 6.32. The van der Waals surface area contributed by atoms with Crippen molar-refractivity contribution in [3.8, 4) is 33.4 Å². The van der Waals surface area contributed by atoms with E-state index in [1.165, 1.54) is 33.4 Å². The normalized spacial score (nSPS) is 12.1. The molecule has 3 nitrogen and oxygen atoms in total. The Balaban J connectivity index is 1.22. The number of nitrogens with one attached hydrogen (secondary N) is 1. The maximum absolute atomic E-state index is 6.32. The molecular formula is C41H30N2O. The number of anilines is 3. The van der Waals surface area contributed by atoms with Gasteiger partial charge in [-0.05, 0) is 82.1 Å². The molecule has 0 atom stereocenters. The van der Waals surface area contributed by atoms with Gasteiger partial charge in [-0.3, -0.25) is 0 Å².